The molecule has 0 aliphatic heterocycles. The third kappa shape index (κ3) is 6.92. The van der Waals surface area contributed by atoms with Crippen molar-refractivity contribution in [2.75, 3.05) is 6.16 Å². The van der Waals surface area contributed by atoms with Crippen molar-refractivity contribution in [1.29, 1.82) is 0 Å². The molecule has 3 aromatic carbocycles. The molecule has 0 spiro atoms. The van der Waals surface area contributed by atoms with E-state index in [4.69, 9.17) is 0 Å². The van der Waals surface area contributed by atoms with E-state index in [2.05, 4.69) is 117 Å². The predicted molar refractivity (Wildman–Crippen MR) is 132 cm³/mol. The van der Waals surface area contributed by atoms with E-state index in [0.29, 0.717) is 0 Å². The second kappa shape index (κ2) is 14.6. The van der Waals surface area contributed by atoms with E-state index in [0.717, 1.165) is 6.16 Å². The van der Waals surface area contributed by atoms with Crippen LogP contribution in [-0.2, 0) is 17.1 Å². The summed E-state index contributed by atoms with van der Waals surface area (Å²) in [4.78, 5) is 0. The molecule has 160 valence electrons. The summed E-state index contributed by atoms with van der Waals surface area (Å²) in [7, 11) is -1.74. The van der Waals surface area contributed by atoms with Gasteiger partial charge < -0.3 is 24.0 Å². The van der Waals surface area contributed by atoms with Gasteiger partial charge in [0.25, 0.3) is 0 Å². The molecular formula is C29H26FeIP+2. The first kappa shape index (κ1) is 27.6. The molecule has 32 heavy (non-hydrogen) atoms. The second-order valence-corrected chi connectivity index (χ2v) is 10.7. The minimum absolute atomic E-state index is 0. The summed E-state index contributed by atoms with van der Waals surface area (Å²) in [6, 6.07) is 33.1. The van der Waals surface area contributed by atoms with E-state index in [1.165, 1.54) is 21.8 Å². The fourth-order valence-electron chi connectivity index (χ4n) is 3.88. The maximum atomic E-state index is 2.30. The zero-order chi connectivity index (χ0) is 20.5. The number of hydrogen-bond donors (Lipinski definition) is 0. The van der Waals surface area contributed by atoms with Crippen LogP contribution in [0.3, 0.4) is 0 Å². The van der Waals surface area contributed by atoms with Gasteiger partial charge >= 0.3 is 17.1 Å². The summed E-state index contributed by atoms with van der Waals surface area (Å²) < 4.78 is 0. The molecule has 0 bridgehead atoms. The van der Waals surface area contributed by atoms with E-state index < -0.39 is 7.26 Å². The SMILES string of the molecule is [CH]1[CH][CH][CH][CH]1.[CH]1[CH][CH][C](C[P+](c2ccccc2)(c2ccccc2)c2ccccc2)[CH]1.[Fe+2].[I-]. The van der Waals surface area contributed by atoms with Crippen molar-refractivity contribution >= 4 is 23.2 Å². The average molecular weight is 588 g/mol. The maximum absolute atomic E-state index is 2.30. The van der Waals surface area contributed by atoms with Crippen LogP contribution in [0.5, 0.6) is 0 Å². The van der Waals surface area contributed by atoms with Crippen LogP contribution < -0.4 is 39.9 Å². The van der Waals surface area contributed by atoms with Crippen molar-refractivity contribution in [2.24, 2.45) is 0 Å². The minimum atomic E-state index is -1.74. The smallest absolute Gasteiger partial charge is 1.00 e. The van der Waals surface area contributed by atoms with Crippen molar-refractivity contribution < 1.29 is 41.0 Å². The van der Waals surface area contributed by atoms with Crippen molar-refractivity contribution in [3.8, 4) is 0 Å². The fourth-order valence-corrected chi connectivity index (χ4v) is 8.13. The van der Waals surface area contributed by atoms with Gasteiger partial charge in [-0.05, 0) is 94.2 Å². The van der Waals surface area contributed by atoms with Crippen LogP contribution in [0.15, 0.2) is 91.0 Å². The molecule has 2 saturated carbocycles. The van der Waals surface area contributed by atoms with E-state index in [9.17, 15) is 0 Å². The van der Waals surface area contributed by atoms with Crippen LogP contribution in [-0.4, -0.2) is 6.16 Å². The molecule has 0 nitrogen and oxygen atoms in total. The Morgan fingerprint density at radius 1 is 0.438 bits per heavy atom. The average Bonchev–Trinajstić information content (AvgIpc) is 3.56. The molecule has 0 amide bonds. The molecular weight excluding hydrogens is 562 g/mol. The second-order valence-electron chi connectivity index (χ2n) is 7.23. The molecule has 0 heterocycles. The summed E-state index contributed by atoms with van der Waals surface area (Å²) in [5.74, 6) is 1.41. The minimum Gasteiger partial charge on any atom is -1.00 e. The van der Waals surface area contributed by atoms with Gasteiger partial charge in [0, 0.05) is 5.92 Å². The summed E-state index contributed by atoms with van der Waals surface area (Å²) >= 11 is 0. The van der Waals surface area contributed by atoms with E-state index >= 15 is 0 Å². The van der Waals surface area contributed by atoms with E-state index in [1.54, 1.807) is 0 Å². The Hall–Kier alpha value is -0.661. The fraction of sp³-hybridized carbons (Fsp3) is 0.0345. The Kier molecular flexibility index (Phi) is 12.6. The van der Waals surface area contributed by atoms with Gasteiger partial charge in [0.1, 0.15) is 23.2 Å². The van der Waals surface area contributed by atoms with Gasteiger partial charge in [-0.15, -0.1) is 0 Å². The van der Waals surface area contributed by atoms with Gasteiger partial charge in [0.2, 0.25) is 0 Å². The Balaban J connectivity index is 0.000000460. The summed E-state index contributed by atoms with van der Waals surface area (Å²) in [5, 5.41) is 4.32. The Morgan fingerprint density at radius 2 is 0.750 bits per heavy atom. The van der Waals surface area contributed by atoms with Crippen LogP contribution >= 0.6 is 7.26 Å². The van der Waals surface area contributed by atoms with Gasteiger partial charge in [-0.3, -0.25) is 0 Å². The molecule has 0 N–H and O–H groups in total. The topological polar surface area (TPSA) is 0 Å². The first-order valence-corrected chi connectivity index (χ1v) is 12.3. The Morgan fingerprint density at radius 3 is 1.06 bits per heavy atom. The molecule has 2 aliphatic carbocycles. The molecule has 3 heteroatoms. The molecule has 5 rings (SSSR count). The third-order valence-corrected chi connectivity index (χ3v) is 9.68. The van der Waals surface area contributed by atoms with Crippen molar-refractivity contribution in [3.63, 3.8) is 0 Å². The first-order valence-electron chi connectivity index (χ1n) is 10.3. The van der Waals surface area contributed by atoms with Gasteiger partial charge in [-0.25, -0.2) is 0 Å². The van der Waals surface area contributed by atoms with Crippen LogP contribution in [0.4, 0.5) is 0 Å². The molecule has 0 saturated heterocycles. The van der Waals surface area contributed by atoms with Crippen molar-refractivity contribution in [3.05, 3.63) is 155 Å². The number of benzene rings is 3. The first-order chi connectivity index (χ1) is 14.9. The molecule has 0 atom stereocenters. The van der Waals surface area contributed by atoms with E-state index in [1.807, 2.05) is 32.1 Å². The summed E-state index contributed by atoms with van der Waals surface area (Å²) in [6.07, 6.45) is 19.8. The Labute approximate surface area is 223 Å². The number of rotatable bonds is 5. The van der Waals surface area contributed by atoms with Crippen LogP contribution in [0.2, 0.25) is 0 Å². The summed E-state index contributed by atoms with van der Waals surface area (Å²) in [6.45, 7) is 0. The monoisotopic (exact) mass is 588 g/mol. The van der Waals surface area contributed by atoms with E-state index in [-0.39, 0.29) is 41.0 Å². The maximum Gasteiger partial charge on any atom is 2.00 e. The van der Waals surface area contributed by atoms with Gasteiger partial charge in [-0.1, -0.05) is 54.6 Å². The molecule has 3 aromatic rings. The van der Waals surface area contributed by atoms with Crippen molar-refractivity contribution in [2.45, 2.75) is 0 Å². The normalized spacial score (nSPS) is 15.8. The third-order valence-electron chi connectivity index (χ3n) is 5.30. The van der Waals surface area contributed by atoms with Crippen molar-refractivity contribution in [1.82, 2.24) is 0 Å². The molecule has 10 radical (unpaired) electrons. The zero-order valence-corrected chi connectivity index (χ0v) is 21.9. The predicted octanol–water partition coefficient (Wildman–Crippen LogP) is 2.41. The van der Waals surface area contributed by atoms with Crippen LogP contribution in [0, 0.1) is 63.7 Å². The molecule has 2 aliphatic rings. The molecule has 2 fully saturated rings. The summed E-state index contributed by atoms with van der Waals surface area (Å²) in [5.41, 5.74) is 0. The largest absolute Gasteiger partial charge is 2.00 e. The Bertz CT molecular complexity index is 755. The molecule has 0 unspecified atom stereocenters. The number of halogens is 1. The molecule has 0 aromatic heterocycles. The quantitative estimate of drug-likeness (QED) is 0.244. The van der Waals surface area contributed by atoms with Gasteiger partial charge in [-0.2, -0.15) is 0 Å². The van der Waals surface area contributed by atoms with Gasteiger partial charge in [0.15, 0.2) is 0 Å². The standard InChI is InChI=1S/C24H21P.C5H5.Fe.HI/c1-4-14-22(15-5-1)25(20-21-12-10-11-13-21,23-16-6-2-7-17-23)24-18-8-3-9-19-24;1-2-4-5-3-1;;/h1-19H,20H2;1-5H;;1H/q+1;;+2;/p-1. The van der Waals surface area contributed by atoms with Crippen LogP contribution in [0.25, 0.3) is 0 Å². The number of hydrogen-bond acceptors (Lipinski definition) is 0. The van der Waals surface area contributed by atoms with Gasteiger partial charge in [0.05, 0.1) is 6.16 Å². The zero-order valence-electron chi connectivity index (χ0n) is 17.7. The van der Waals surface area contributed by atoms with Crippen LogP contribution in [0.1, 0.15) is 0 Å².